The van der Waals surface area contributed by atoms with E-state index in [0.717, 1.165) is 5.56 Å². The van der Waals surface area contributed by atoms with Crippen molar-refractivity contribution in [1.29, 1.82) is 0 Å². The van der Waals surface area contributed by atoms with Crippen LogP contribution in [0.2, 0.25) is 0 Å². The van der Waals surface area contributed by atoms with E-state index in [4.69, 9.17) is 4.74 Å². The Bertz CT molecular complexity index is 1060. The summed E-state index contributed by atoms with van der Waals surface area (Å²) < 4.78 is 61.3. The molecule has 2 aromatic rings. The molecule has 0 aliphatic carbocycles. The summed E-state index contributed by atoms with van der Waals surface area (Å²) in [5.41, 5.74) is 1.65. The van der Waals surface area contributed by atoms with Crippen LogP contribution in [-0.2, 0) is 21.4 Å². The van der Waals surface area contributed by atoms with Gasteiger partial charge in [-0.25, -0.2) is 8.42 Å². The predicted octanol–water partition coefficient (Wildman–Crippen LogP) is 2.23. The predicted molar refractivity (Wildman–Crippen MR) is 118 cm³/mol. The van der Waals surface area contributed by atoms with Crippen LogP contribution >= 0.6 is 0 Å². The summed E-state index contributed by atoms with van der Waals surface area (Å²) in [6.07, 6.45) is 0. The van der Waals surface area contributed by atoms with Gasteiger partial charge in [0.15, 0.2) is 11.5 Å². The molecule has 180 valence electrons. The zero-order chi connectivity index (χ0) is 24.0. The molecule has 0 unspecified atom stereocenters. The molecule has 1 aliphatic heterocycles. The van der Waals surface area contributed by atoms with Crippen LogP contribution in [0.15, 0.2) is 47.4 Å². The molecule has 2 aromatic carbocycles. The van der Waals surface area contributed by atoms with Crippen molar-refractivity contribution in [3.63, 3.8) is 0 Å². The summed E-state index contributed by atoms with van der Waals surface area (Å²) in [5, 5.41) is 2.77. The van der Waals surface area contributed by atoms with Crippen LogP contribution in [0.25, 0.3) is 0 Å². The van der Waals surface area contributed by atoms with E-state index in [2.05, 4.69) is 10.1 Å². The minimum atomic E-state index is -3.56. The number of benzene rings is 2. The Morgan fingerprint density at radius 1 is 1.06 bits per heavy atom. The molecule has 33 heavy (non-hydrogen) atoms. The van der Waals surface area contributed by atoms with Gasteiger partial charge in [0.1, 0.15) is 0 Å². The number of aryl methyl sites for hydroxylation is 1. The third kappa shape index (κ3) is 6.62. The standard InChI is InChI=1S/C22H27F2N3O5S/c1-16-3-6-18(7-4-16)33(29,30)27-11-9-26(10-12-27)15-21(28)25-14-17-5-8-19(32-22(23)24)20(13-17)31-2/h3-8,13,22H,9-12,14-15H2,1-2H3,(H,25,28). The molecule has 8 nitrogen and oxygen atoms in total. The number of piperazine rings is 1. The van der Waals surface area contributed by atoms with Crippen molar-refractivity contribution >= 4 is 15.9 Å². The first-order chi connectivity index (χ1) is 15.7. The number of ether oxygens (including phenoxy) is 2. The lowest BCUT2D eigenvalue weighted by Crippen LogP contribution is -2.50. The summed E-state index contributed by atoms with van der Waals surface area (Å²) in [4.78, 5) is 14.5. The summed E-state index contributed by atoms with van der Waals surface area (Å²) in [7, 11) is -2.22. The van der Waals surface area contributed by atoms with Gasteiger partial charge in [0.2, 0.25) is 15.9 Å². The van der Waals surface area contributed by atoms with Crippen molar-refractivity contribution in [3.05, 3.63) is 53.6 Å². The SMILES string of the molecule is COc1cc(CNC(=O)CN2CCN(S(=O)(=O)c3ccc(C)cc3)CC2)ccc1OC(F)F. The number of amides is 1. The third-order valence-electron chi connectivity index (χ3n) is 5.29. The Labute approximate surface area is 192 Å². The molecule has 1 fully saturated rings. The second-order valence-electron chi connectivity index (χ2n) is 7.63. The van der Waals surface area contributed by atoms with Crippen molar-refractivity contribution in [3.8, 4) is 11.5 Å². The average Bonchev–Trinajstić information content (AvgIpc) is 2.78. The Morgan fingerprint density at radius 2 is 1.73 bits per heavy atom. The van der Waals surface area contributed by atoms with Crippen molar-refractivity contribution < 1.29 is 31.5 Å². The van der Waals surface area contributed by atoms with Crippen molar-refractivity contribution in [2.75, 3.05) is 39.8 Å². The zero-order valence-electron chi connectivity index (χ0n) is 18.5. The number of carbonyl (C=O) groups is 1. The van der Waals surface area contributed by atoms with Crippen LogP contribution in [0.4, 0.5) is 8.78 Å². The fourth-order valence-electron chi connectivity index (χ4n) is 3.46. The summed E-state index contributed by atoms with van der Waals surface area (Å²) in [6.45, 7) is 0.718. The number of methoxy groups -OCH3 is 1. The van der Waals surface area contributed by atoms with Gasteiger partial charge in [0.05, 0.1) is 18.6 Å². The van der Waals surface area contributed by atoms with Crippen LogP contribution < -0.4 is 14.8 Å². The highest BCUT2D eigenvalue weighted by Crippen LogP contribution is 2.29. The molecule has 0 bridgehead atoms. The van der Waals surface area contributed by atoms with E-state index in [9.17, 15) is 22.0 Å². The van der Waals surface area contributed by atoms with Gasteiger partial charge in [0, 0.05) is 32.7 Å². The van der Waals surface area contributed by atoms with E-state index < -0.39 is 16.6 Å². The monoisotopic (exact) mass is 483 g/mol. The molecule has 1 aliphatic rings. The quantitative estimate of drug-likeness (QED) is 0.589. The molecule has 1 N–H and O–H groups in total. The Hall–Kier alpha value is -2.76. The molecular weight excluding hydrogens is 456 g/mol. The first-order valence-electron chi connectivity index (χ1n) is 10.4. The number of nitrogens with zero attached hydrogens (tertiary/aromatic N) is 2. The number of carbonyl (C=O) groups excluding carboxylic acids is 1. The average molecular weight is 484 g/mol. The highest BCUT2D eigenvalue weighted by molar-refractivity contribution is 7.89. The maximum atomic E-state index is 12.8. The molecule has 3 rings (SSSR count). The molecule has 0 spiro atoms. The third-order valence-corrected chi connectivity index (χ3v) is 7.20. The number of hydrogen-bond donors (Lipinski definition) is 1. The van der Waals surface area contributed by atoms with Gasteiger partial charge >= 0.3 is 6.61 Å². The summed E-state index contributed by atoms with van der Waals surface area (Å²) in [6, 6.07) is 11.2. The lowest BCUT2D eigenvalue weighted by atomic mass is 10.2. The van der Waals surface area contributed by atoms with Gasteiger partial charge in [-0.05, 0) is 36.8 Å². The van der Waals surface area contributed by atoms with E-state index in [1.807, 2.05) is 11.8 Å². The van der Waals surface area contributed by atoms with E-state index in [0.29, 0.717) is 31.7 Å². The molecule has 0 aromatic heterocycles. The largest absolute Gasteiger partial charge is 0.493 e. The molecule has 0 radical (unpaired) electrons. The second-order valence-corrected chi connectivity index (χ2v) is 9.57. The van der Waals surface area contributed by atoms with Gasteiger partial charge in [-0.3, -0.25) is 9.69 Å². The number of sulfonamides is 1. The highest BCUT2D eigenvalue weighted by Gasteiger charge is 2.29. The van der Waals surface area contributed by atoms with Gasteiger partial charge < -0.3 is 14.8 Å². The van der Waals surface area contributed by atoms with Gasteiger partial charge in [-0.1, -0.05) is 23.8 Å². The summed E-state index contributed by atoms with van der Waals surface area (Å²) >= 11 is 0. The number of alkyl halides is 2. The van der Waals surface area contributed by atoms with E-state index in [1.165, 1.54) is 23.5 Å². The number of rotatable bonds is 9. The molecular formula is C22H27F2N3O5S. The maximum Gasteiger partial charge on any atom is 0.387 e. The molecule has 1 amide bonds. The Kier molecular flexibility index (Phi) is 8.22. The highest BCUT2D eigenvalue weighted by atomic mass is 32.2. The fraction of sp³-hybridized carbons (Fsp3) is 0.409. The minimum absolute atomic E-state index is 0.0824. The van der Waals surface area contributed by atoms with Gasteiger partial charge in [-0.2, -0.15) is 13.1 Å². The first kappa shape index (κ1) is 24.9. The van der Waals surface area contributed by atoms with Crippen LogP contribution in [0, 0.1) is 6.92 Å². The van der Waals surface area contributed by atoms with Crippen LogP contribution in [-0.4, -0.2) is 70.0 Å². The van der Waals surface area contributed by atoms with Crippen LogP contribution in [0.1, 0.15) is 11.1 Å². The van der Waals surface area contributed by atoms with Gasteiger partial charge in [0.25, 0.3) is 0 Å². The topological polar surface area (TPSA) is 88.2 Å². The van der Waals surface area contributed by atoms with E-state index >= 15 is 0 Å². The van der Waals surface area contributed by atoms with Crippen LogP contribution in [0.5, 0.6) is 11.5 Å². The number of hydrogen-bond acceptors (Lipinski definition) is 6. The molecule has 1 heterocycles. The van der Waals surface area contributed by atoms with E-state index in [1.54, 1.807) is 30.3 Å². The molecule has 11 heteroatoms. The maximum absolute atomic E-state index is 12.8. The number of halogens is 2. The first-order valence-corrected chi connectivity index (χ1v) is 11.8. The van der Waals surface area contributed by atoms with Gasteiger partial charge in [-0.15, -0.1) is 0 Å². The normalized spacial score (nSPS) is 15.4. The fourth-order valence-corrected chi connectivity index (χ4v) is 4.88. The van der Waals surface area contributed by atoms with Crippen LogP contribution in [0.3, 0.4) is 0 Å². The van der Waals surface area contributed by atoms with E-state index in [-0.39, 0.29) is 35.4 Å². The summed E-state index contributed by atoms with van der Waals surface area (Å²) in [5.74, 6) is -0.161. The Balaban J connectivity index is 1.48. The lowest BCUT2D eigenvalue weighted by molar-refractivity contribution is -0.122. The smallest absolute Gasteiger partial charge is 0.387 e. The minimum Gasteiger partial charge on any atom is -0.493 e. The van der Waals surface area contributed by atoms with Crippen molar-refractivity contribution in [1.82, 2.24) is 14.5 Å². The zero-order valence-corrected chi connectivity index (χ0v) is 19.3. The number of nitrogens with one attached hydrogen (secondary N) is 1. The van der Waals surface area contributed by atoms with Crippen molar-refractivity contribution in [2.45, 2.75) is 25.0 Å². The second kappa shape index (κ2) is 10.9. The lowest BCUT2D eigenvalue weighted by Gasteiger charge is -2.33. The molecule has 0 saturated carbocycles. The molecule has 1 saturated heterocycles. The Morgan fingerprint density at radius 3 is 2.33 bits per heavy atom. The molecule has 0 atom stereocenters. The van der Waals surface area contributed by atoms with Crippen molar-refractivity contribution in [2.24, 2.45) is 0 Å².